The third-order valence-electron chi connectivity index (χ3n) is 5.39. The molecule has 1 fully saturated rings. The predicted molar refractivity (Wildman–Crippen MR) is 145 cm³/mol. The van der Waals surface area contributed by atoms with Gasteiger partial charge in [0, 0.05) is 25.4 Å². The molecule has 0 spiro atoms. The van der Waals surface area contributed by atoms with Gasteiger partial charge < -0.3 is 9.64 Å². The lowest BCUT2D eigenvalue weighted by molar-refractivity contribution is -0.136. The van der Waals surface area contributed by atoms with Crippen molar-refractivity contribution < 1.29 is 19.1 Å². The van der Waals surface area contributed by atoms with E-state index in [1.165, 1.54) is 11.1 Å². The first-order valence-electron chi connectivity index (χ1n) is 13.2. The number of rotatable bonds is 7. The number of hydrogen-bond acceptors (Lipinski definition) is 4. The smallest absolute Gasteiger partial charge is 0.410 e. The minimum Gasteiger partial charge on any atom is -0.444 e. The van der Waals surface area contributed by atoms with Crippen molar-refractivity contribution in [2.24, 2.45) is 5.92 Å². The van der Waals surface area contributed by atoms with Crippen LogP contribution in [0.5, 0.6) is 0 Å². The van der Waals surface area contributed by atoms with Gasteiger partial charge in [0.05, 0.1) is 0 Å². The number of carbonyl (C=O) groups excluding carboxylic acids is 3. The standard InChI is InChI=1S/C25H36N2O4.2C2H6/c1-6-19(15-16-27(7-2)24(30)31-25(3,4)5)20-10-8-9-18(11-12-20)17-21-13-14-22(28)26-23(21)29;2*1-2/h8-9,11-12,15,21H,6-7,10,13-14,16-17H2,1-5H3,(H,26,28,29);2*1-2H3/b19-15+;;. The van der Waals surface area contributed by atoms with Crippen molar-refractivity contribution in [3.63, 3.8) is 0 Å². The Hall–Kier alpha value is -2.63. The molecule has 1 N–H and O–H groups in total. The number of allylic oxidation sites excluding steroid dienone is 7. The molecule has 198 valence electrons. The molecule has 1 aliphatic carbocycles. The molecular weight excluding hydrogens is 440 g/mol. The highest BCUT2D eigenvalue weighted by atomic mass is 16.6. The van der Waals surface area contributed by atoms with Gasteiger partial charge in [0.25, 0.3) is 0 Å². The van der Waals surface area contributed by atoms with E-state index < -0.39 is 5.60 Å². The van der Waals surface area contributed by atoms with Crippen LogP contribution in [0.25, 0.3) is 0 Å². The second kappa shape index (κ2) is 16.9. The van der Waals surface area contributed by atoms with E-state index in [-0.39, 0.29) is 23.8 Å². The first-order valence-corrected chi connectivity index (χ1v) is 13.2. The van der Waals surface area contributed by atoms with Gasteiger partial charge in [-0.1, -0.05) is 65.0 Å². The van der Waals surface area contributed by atoms with E-state index in [2.05, 4.69) is 42.6 Å². The minimum atomic E-state index is -0.514. The van der Waals surface area contributed by atoms with Crippen molar-refractivity contribution in [2.45, 2.75) is 100 Å². The topological polar surface area (TPSA) is 75.7 Å². The fourth-order valence-electron chi connectivity index (χ4n) is 3.64. The van der Waals surface area contributed by atoms with Gasteiger partial charge in [0.1, 0.15) is 5.60 Å². The number of nitrogens with one attached hydrogen (secondary N) is 1. The summed E-state index contributed by atoms with van der Waals surface area (Å²) in [4.78, 5) is 37.5. The summed E-state index contributed by atoms with van der Waals surface area (Å²) in [6, 6.07) is 0. The van der Waals surface area contributed by atoms with Crippen LogP contribution in [0, 0.1) is 5.92 Å². The van der Waals surface area contributed by atoms with Gasteiger partial charge in [-0.2, -0.15) is 0 Å². The molecule has 1 aliphatic heterocycles. The SMILES string of the molecule is CC.CC.CC/C(=C\CN(CC)C(=O)OC(C)(C)C)C1=CC=C(CC2CCC(=O)NC2=O)C=CC1. The lowest BCUT2D eigenvalue weighted by Gasteiger charge is -2.26. The van der Waals surface area contributed by atoms with Crippen molar-refractivity contribution in [1.29, 1.82) is 0 Å². The molecule has 2 aliphatic rings. The molecule has 0 bridgehead atoms. The zero-order valence-corrected chi connectivity index (χ0v) is 23.5. The molecule has 1 saturated heterocycles. The molecule has 35 heavy (non-hydrogen) atoms. The van der Waals surface area contributed by atoms with Crippen LogP contribution >= 0.6 is 0 Å². The Morgan fingerprint density at radius 2 is 1.80 bits per heavy atom. The Balaban J connectivity index is 0.00000274. The Bertz CT molecular complexity index is 813. The summed E-state index contributed by atoms with van der Waals surface area (Å²) in [6.07, 6.45) is 13.5. The molecule has 2 rings (SSSR count). The lowest BCUT2D eigenvalue weighted by Crippen LogP contribution is -2.40. The molecule has 0 aromatic heterocycles. The number of hydrogen-bond donors (Lipinski definition) is 1. The average molecular weight is 489 g/mol. The zero-order chi connectivity index (χ0) is 27.0. The largest absolute Gasteiger partial charge is 0.444 e. The fraction of sp³-hybridized carbons (Fsp3) is 0.621. The number of carbonyl (C=O) groups is 3. The van der Waals surface area contributed by atoms with E-state index in [1.807, 2.05) is 55.4 Å². The monoisotopic (exact) mass is 488 g/mol. The highest BCUT2D eigenvalue weighted by Crippen LogP contribution is 2.26. The third-order valence-corrected chi connectivity index (χ3v) is 5.39. The van der Waals surface area contributed by atoms with Crippen molar-refractivity contribution >= 4 is 17.9 Å². The van der Waals surface area contributed by atoms with Gasteiger partial charge in [-0.25, -0.2) is 4.79 Å². The Morgan fingerprint density at radius 1 is 1.14 bits per heavy atom. The Kier molecular flexibility index (Phi) is 15.6. The summed E-state index contributed by atoms with van der Waals surface area (Å²) in [5, 5.41) is 2.43. The first kappa shape index (κ1) is 32.4. The Morgan fingerprint density at radius 3 is 2.34 bits per heavy atom. The molecule has 1 heterocycles. The van der Waals surface area contributed by atoms with Crippen LogP contribution < -0.4 is 5.32 Å². The number of ether oxygens (including phenoxy) is 1. The van der Waals surface area contributed by atoms with E-state index in [0.29, 0.717) is 32.4 Å². The van der Waals surface area contributed by atoms with E-state index in [0.717, 1.165) is 18.4 Å². The summed E-state index contributed by atoms with van der Waals surface area (Å²) >= 11 is 0. The van der Waals surface area contributed by atoms with E-state index in [1.54, 1.807) is 4.90 Å². The molecule has 0 saturated carbocycles. The highest BCUT2D eigenvalue weighted by molar-refractivity contribution is 5.98. The second-order valence-electron chi connectivity index (χ2n) is 8.99. The van der Waals surface area contributed by atoms with Crippen molar-refractivity contribution in [2.75, 3.05) is 13.1 Å². The maximum absolute atomic E-state index is 12.4. The third kappa shape index (κ3) is 12.1. The van der Waals surface area contributed by atoms with Crippen LogP contribution in [0.3, 0.4) is 0 Å². The number of nitrogens with zero attached hydrogens (tertiary/aromatic N) is 1. The van der Waals surface area contributed by atoms with Crippen LogP contribution in [-0.4, -0.2) is 41.5 Å². The van der Waals surface area contributed by atoms with Gasteiger partial charge in [-0.15, -0.1) is 0 Å². The molecule has 0 aromatic carbocycles. The van der Waals surface area contributed by atoms with Gasteiger partial charge in [-0.05, 0) is 70.1 Å². The number of imide groups is 1. The molecule has 0 radical (unpaired) electrons. The maximum atomic E-state index is 12.4. The van der Waals surface area contributed by atoms with Crippen LogP contribution in [-0.2, 0) is 14.3 Å². The lowest BCUT2D eigenvalue weighted by atomic mass is 9.91. The van der Waals surface area contributed by atoms with Crippen LogP contribution in [0.15, 0.2) is 47.1 Å². The quantitative estimate of drug-likeness (QED) is 0.396. The second-order valence-corrected chi connectivity index (χ2v) is 8.99. The molecule has 3 amide bonds. The number of amides is 3. The van der Waals surface area contributed by atoms with Crippen molar-refractivity contribution in [3.8, 4) is 0 Å². The van der Waals surface area contributed by atoms with E-state index >= 15 is 0 Å². The van der Waals surface area contributed by atoms with E-state index in [9.17, 15) is 14.4 Å². The van der Waals surface area contributed by atoms with Crippen LogP contribution in [0.1, 0.15) is 94.4 Å². The minimum absolute atomic E-state index is 0.156. The summed E-state index contributed by atoms with van der Waals surface area (Å²) in [6.45, 7) is 18.7. The normalized spacial score (nSPS) is 18.0. The van der Waals surface area contributed by atoms with E-state index in [4.69, 9.17) is 4.74 Å². The molecule has 0 aromatic rings. The fourth-order valence-corrected chi connectivity index (χ4v) is 3.64. The number of piperidine rings is 1. The van der Waals surface area contributed by atoms with Crippen LogP contribution in [0.4, 0.5) is 4.79 Å². The Labute approximate surface area is 213 Å². The zero-order valence-electron chi connectivity index (χ0n) is 23.5. The van der Waals surface area contributed by atoms with Gasteiger partial charge >= 0.3 is 6.09 Å². The van der Waals surface area contributed by atoms with Crippen LogP contribution in [0.2, 0.25) is 0 Å². The maximum Gasteiger partial charge on any atom is 0.410 e. The summed E-state index contributed by atoms with van der Waals surface area (Å²) in [5.41, 5.74) is 2.98. The number of likely N-dealkylation sites (N-methyl/N-ethyl adjacent to an activating group) is 1. The molecule has 1 unspecified atom stereocenters. The summed E-state index contributed by atoms with van der Waals surface area (Å²) in [5.74, 6) is -0.509. The van der Waals surface area contributed by atoms with Gasteiger partial charge in [0.15, 0.2) is 0 Å². The summed E-state index contributed by atoms with van der Waals surface area (Å²) in [7, 11) is 0. The predicted octanol–water partition coefficient (Wildman–Crippen LogP) is 6.89. The first-order chi connectivity index (χ1) is 16.6. The van der Waals surface area contributed by atoms with Gasteiger partial charge in [0.2, 0.25) is 11.8 Å². The molecular formula is C29H48N2O4. The van der Waals surface area contributed by atoms with Crippen molar-refractivity contribution in [3.05, 3.63) is 47.1 Å². The average Bonchev–Trinajstić information content (AvgIpc) is 3.06. The van der Waals surface area contributed by atoms with Crippen molar-refractivity contribution in [1.82, 2.24) is 10.2 Å². The summed E-state index contributed by atoms with van der Waals surface area (Å²) < 4.78 is 5.49. The highest BCUT2D eigenvalue weighted by Gasteiger charge is 2.27. The molecule has 6 nitrogen and oxygen atoms in total. The molecule has 1 atom stereocenters. The van der Waals surface area contributed by atoms with Gasteiger partial charge in [-0.3, -0.25) is 14.9 Å². The molecule has 6 heteroatoms.